The largest absolute Gasteiger partial charge is 0.468 e. The Balaban J connectivity index is 1.92. The number of carbonyl (C=O) groups is 1. The van der Waals surface area contributed by atoms with Crippen molar-refractivity contribution in [1.82, 2.24) is 4.90 Å². The third kappa shape index (κ3) is 1.13. The molecule has 0 bridgehead atoms. The fourth-order valence-corrected chi connectivity index (χ4v) is 4.19. The number of carbonyl (C=O) groups excluding carboxylic acids is 1. The highest BCUT2D eigenvalue weighted by Gasteiger charge is 2.59. The molecule has 1 aliphatic carbocycles. The number of ether oxygens (including phenoxy) is 1. The van der Waals surface area contributed by atoms with Crippen molar-refractivity contribution >= 4 is 5.97 Å². The monoisotopic (exact) mass is 209 g/mol. The molecule has 3 fully saturated rings. The van der Waals surface area contributed by atoms with Gasteiger partial charge in [0, 0.05) is 6.04 Å². The van der Waals surface area contributed by atoms with E-state index in [0.29, 0.717) is 6.04 Å². The average Bonchev–Trinajstić information content (AvgIpc) is 2.85. The summed E-state index contributed by atoms with van der Waals surface area (Å²) < 4.78 is 5.02. The first-order chi connectivity index (χ1) is 7.28. The van der Waals surface area contributed by atoms with Crippen molar-refractivity contribution in [3.05, 3.63) is 0 Å². The number of hydrogen-bond donors (Lipinski definition) is 0. The first-order valence-corrected chi connectivity index (χ1v) is 6.13. The molecule has 15 heavy (non-hydrogen) atoms. The number of esters is 1. The van der Waals surface area contributed by atoms with Crippen LogP contribution in [-0.2, 0) is 9.53 Å². The van der Waals surface area contributed by atoms with Gasteiger partial charge < -0.3 is 4.74 Å². The van der Waals surface area contributed by atoms with Gasteiger partial charge in [0.15, 0.2) is 0 Å². The Kier molecular flexibility index (Phi) is 2.06. The molecule has 3 nitrogen and oxygen atoms in total. The lowest BCUT2D eigenvalue weighted by atomic mass is 9.89. The normalized spacial score (nSPS) is 44.1. The summed E-state index contributed by atoms with van der Waals surface area (Å²) in [6, 6.07) is 0.687. The first-order valence-electron chi connectivity index (χ1n) is 6.13. The molecule has 3 atom stereocenters. The summed E-state index contributed by atoms with van der Waals surface area (Å²) in [6.07, 6.45) is 7.21. The molecule has 3 aliphatic rings. The van der Waals surface area contributed by atoms with E-state index in [-0.39, 0.29) is 11.5 Å². The van der Waals surface area contributed by atoms with Gasteiger partial charge in [0.05, 0.1) is 7.11 Å². The average molecular weight is 209 g/mol. The standard InChI is InChI=1S/C12H19NO2/c1-15-11(14)12-6-3-7-13(12)10-5-2-4-9(10)8-12/h9-10H,2-8H2,1H3/t9-,10-,12+/m1/s1. The summed E-state index contributed by atoms with van der Waals surface area (Å²) in [4.78, 5) is 14.5. The number of hydrogen-bond acceptors (Lipinski definition) is 3. The van der Waals surface area contributed by atoms with E-state index in [0.717, 1.165) is 25.3 Å². The minimum Gasteiger partial charge on any atom is -0.468 e. The van der Waals surface area contributed by atoms with Crippen LogP contribution in [0.4, 0.5) is 0 Å². The van der Waals surface area contributed by atoms with E-state index < -0.39 is 0 Å². The van der Waals surface area contributed by atoms with Crippen LogP contribution >= 0.6 is 0 Å². The van der Waals surface area contributed by atoms with Crippen LogP contribution in [0.5, 0.6) is 0 Å². The van der Waals surface area contributed by atoms with E-state index in [2.05, 4.69) is 4.90 Å². The van der Waals surface area contributed by atoms with Crippen molar-refractivity contribution in [2.24, 2.45) is 5.92 Å². The van der Waals surface area contributed by atoms with Crippen LogP contribution in [0.25, 0.3) is 0 Å². The van der Waals surface area contributed by atoms with Crippen LogP contribution in [0, 0.1) is 5.92 Å². The maximum Gasteiger partial charge on any atom is 0.326 e. The Labute approximate surface area is 90.8 Å². The van der Waals surface area contributed by atoms with Gasteiger partial charge in [-0.1, -0.05) is 6.42 Å². The fourth-order valence-electron chi connectivity index (χ4n) is 4.19. The van der Waals surface area contributed by atoms with Gasteiger partial charge in [-0.05, 0) is 44.6 Å². The molecule has 0 radical (unpaired) electrons. The third-order valence-corrected chi connectivity index (χ3v) is 4.72. The molecule has 0 spiro atoms. The number of nitrogens with zero attached hydrogens (tertiary/aromatic N) is 1. The molecule has 2 aliphatic heterocycles. The summed E-state index contributed by atoms with van der Waals surface area (Å²) in [5, 5.41) is 0. The van der Waals surface area contributed by atoms with Gasteiger partial charge in [-0.3, -0.25) is 9.69 Å². The Morgan fingerprint density at radius 1 is 1.40 bits per heavy atom. The van der Waals surface area contributed by atoms with Crippen molar-refractivity contribution in [2.45, 2.75) is 50.1 Å². The maximum atomic E-state index is 12.0. The zero-order valence-electron chi connectivity index (χ0n) is 9.37. The zero-order chi connectivity index (χ0) is 10.5. The molecule has 0 unspecified atom stereocenters. The molecule has 1 saturated carbocycles. The number of fused-ring (bicyclic) bond motifs is 3. The summed E-state index contributed by atoms with van der Waals surface area (Å²) in [7, 11) is 1.53. The van der Waals surface area contributed by atoms with Gasteiger partial charge >= 0.3 is 5.97 Å². The Bertz CT molecular complexity index is 291. The summed E-state index contributed by atoms with van der Waals surface area (Å²) >= 11 is 0. The SMILES string of the molecule is COC(=O)[C@@]12CCCN1[C@@H]1CCC[C@@H]1C2. The van der Waals surface area contributed by atoms with Crippen molar-refractivity contribution in [2.75, 3.05) is 13.7 Å². The minimum absolute atomic E-state index is 0.0226. The van der Waals surface area contributed by atoms with E-state index in [1.165, 1.54) is 32.8 Å². The smallest absolute Gasteiger partial charge is 0.326 e. The maximum absolute atomic E-state index is 12.0. The predicted molar refractivity (Wildman–Crippen MR) is 56.4 cm³/mol. The van der Waals surface area contributed by atoms with Crippen molar-refractivity contribution in [1.29, 1.82) is 0 Å². The molecule has 0 aromatic carbocycles. The molecule has 0 N–H and O–H groups in total. The van der Waals surface area contributed by atoms with Crippen LogP contribution < -0.4 is 0 Å². The second-order valence-corrected chi connectivity index (χ2v) is 5.28. The molecule has 84 valence electrons. The third-order valence-electron chi connectivity index (χ3n) is 4.72. The second-order valence-electron chi connectivity index (χ2n) is 5.28. The van der Waals surface area contributed by atoms with E-state index in [1.807, 2.05) is 0 Å². The second kappa shape index (κ2) is 3.21. The Morgan fingerprint density at radius 2 is 2.27 bits per heavy atom. The van der Waals surface area contributed by atoms with Gasteiger partial charge in [0.1, 0.15) is 5.54 Å². The minimum atomic E-state index is -0.218. The Morgan fingerprint density at radius 3 is 3.07 bits per heavy atom. The van der Waals surface area contributed by atoms with Gasteiger partial charge in [-0.2, -0.15) is 0 Å². The van der Waals surface area contributed by atoms with Crippen LogP contribution in [0.1, 0.15) is 38.5 Å². The lowest BCUT2D eigenvalue weighted by Crippen LogP contribution is -2.48. The number of methoxy groups -OCH3 is 1. The molecular weight excluding hydrogens is 190 g/mol. The first kappa shape index (κ1) is 9.64. The van der Waals surface area contributed by atoms with Crippen LogP contribution in [0.15, 0.2) is 0 Å². The fraction of sp³-hybridized carbons (Fsp3) is 0.917. The van der Waals surface area contributed by atoms with Crippen LogP contribution in [-0.4, -0.2) is 36.1 Å². The van der Waals surface area contributed by atoms with Gasteiger partial charge in [-0.15, -0.1) is 0 Å². The van der Waals surface area contributed by atoms with Crippen molar-refractivity contribution < 1.29 is 9.53 Å². The van der Waals surface area contributed by atoms with Crippen molar-refractivity contribution in [3.63, 3.8) is 0 Å². The van der Waals surface area contributed by atoms with E-state index in [1.54, 1.807) is 0 Å². The van der Waals surface area contributed by atoms with E-state index >= 15 is 0 Å². The van der Waals surface area contributed by atoms with Crippen molar-refractivity contribution in [3.8, 4) is 0 Å². The topological polar surface area (TPSA) is 29.5 Å². The highest BCUT2D eigenvalue weighted by atomic mass is 16.5. The zero-order valence-corrected chi connectivity index (χ0v) is 9.37. The highest BCUT2D eigenvalue weighted by molar-refractivity contribution is 5.82. The quantitative estimate of drug-likeness (QED) is 0.614. The molecular formula is C12H19NO2. The molecule has 0 aromatic rings. The lowest BCUT2D eigenvalue weighted by Gasteiger charge is -2.31. The van der Waals surface area contributed by atoms with Crippen LogP contribution in [0.3, 0.4) is 0 Å². The highest BCUT2D eigenvalue weighted by Crippen LogP contribution is 2.51. The molecule has 3 heteroatoms. The molecule has 0 aromatic heterocycles. The molecule has 2 saturated heterocycles. The van der Waals surface area contributed by atoms with Gasteiger partial charge in [-0.25, -0.2) is 0 Å². The summed E-state index contributed by atoms with van der Waals surface area (Å²) in [5.41, 5.74) is -0.218. The molecule has 2 heterocycles. The lowest BCUT2D eigenvalue weighted by molar-refractivity contribution is -0.152. The van der Waals surface area contributed by atoms with E-state index in [4.69, 9.17) is 4.74 Å². The van der Waals surface area contributed by atoms with Gasteiger partial charge in [0.25, 0.3) is 0 Å². The predicted octanol–water partition coefficient (Wildman–Crippen LogP) is 1.57. The van der Waals surface area contributed by atoms with Crippen LogP contribution in [0.2, 0.25) is 0 Å². The summed E-state index contributed by atoms with van der Waals surface area (Å²) in [6.45, 7) is 1.11. The van der Waals surface area contributed by atoms with E-state index in [9.17, 15) is 4.79 Å². The molecule has 3 rings (SSSR count). The Hall–Kier alpha value is -0.570. The summed E-state index contributed by atoms with van der Waals surface area (Å²) in [5.74, 6) is 0.791. The molecule has 0 amide bonds. The number of rotatable bonds is 1. The van der Waals surface area contributed by atoms with Gasteiger partial charge in [0.2, 0.25) is 0 Å².